The second kappa shape index (κ2) is 13.4. The Morgan fingerprint density at radius 1 is 0.367 bits per heavy atom. The Morgan fingerprint density at radius 2 is 0.983 bits per heavy atom. The molecule has 0 atom stereocenters. The van der Waals surface area contributed by atoms with Crippen molar-refractivity contribution in [3.63, 3.8) is 0 Å². The second-order valence-electron chi connectivity index (χ2n) is 16.5. The normalized spacial score (nSPS) is 13.0. The van der Waals surface area contributed by atoms with Crippen molar-refractivity contribution in [2.24, 2.45) is 0 Å². The number of fused-ring (bicyclic) bond motifs is 8. The zero-order chi connectivity index (χ0) is 40.0. The van der Waals surface area contributed by atoms with Crippen LogP contribution in [0, 0.1) is 0 Å². The fraction of sp³-hybridized carbons (Fsp3) is 0.0526. The van der Waals surface area contributed by atoms with E-state index in [1.165, 1.54) is 80.8 Å². The van der Waals surface area contributed by atoms with Gasteiger partial charge in [0.25, 0.3) is 0 Å². The first kappa shape index (κ1) is 34.8. The van der Waals surface area contributed by atoms with Gasteiger partial charge in [0.1, 0.15) is 0 Å². The van der Waals surface area contributed by atoms with Gasteiger partial charge < -0.3 is 0 Å². The van der Waals surface area contributed by atoms with Gasteiger partial charge in [-0.2, -0.15) is 0 Å². The summed E-state index contributed by atoms with van der Waals surface area (Å²) in [6, 6.07) is 70.7. The van der Waals surface area contributed by atoms with Crippen LogP contribution in [0.25, 0.3) is 109 Å². The molecule has 0 radical (unpaired) electrons. The smallest absolute Gasteiger partial charge is 0.160 e. The van der Waals surface area contributed by atoms with Crippen LogP contribution in [-0.4, -0.2) is 9.97 Å². The molecule has 1 aliphatic rings. The summed E-state index contributed by atoms with van der Waals surface area (Å²) >= 11 is 1.86. The summed E-state index contributed by atoms with van der Waals surface area (Å²) in [6.45, 7) is 4.70. The van der Waals surface area contributed by atoms with E-state index in [0.29, 0.717) is 5.82 Å². The number of hydrogen-bond acceptors (Lipinski definition) is 3. The molecule has 0 fully saturated rings. The lowest BCUT2D eigenvalue weighted by Crippen LogP contribution is -2.14. The molecule has 0 aliphatic heterocycles. The Balaban J connectivity index is 0.986. The SMILES string of the molecule is CC1(C)c2cc3ccccc3cc2-c2c(-c3cc(-c4ccc(-c5ccc(-c6ccc7c(c6)sc6ccccc67)cc5)c5ccccc45)nc(-c4ccccc4)n3)cccc21. The van der Waals surface area contributed by atoms with Crippen molar-refractivity contribution in [3.05, 3.63) is 205 Å². The molecule has 0 unspecified atom stereocenters. The number of aromatic nitrogens is 2. The van der Waals surface area contributed by atoms with E-state index >= 15 is 0 Å². The van der Waals surface area contributed by atoms with E-state index in [4.69, 9.17) is 9.97 Å². The van der Waals surface area contributed by atoms with Gasteiger partial charge in [-0.25, -0.2) is 9.97 Å². The van der Waals surface area contributed by atoms with E-state index in [0.717, 1.165) is 33.5 Å². The van der Waals surface area contributed by atoms with Crippen LogP contribution in [0.4, 0.5) is 0 Å². The summed E-state index contributed by atoms with van der Waals surface area (Å²) in [5.41, 5.74) is 14.9. The highest BCUT2D eigenvalue weighted by Gasteiger charge is 2.37. The van der Waals surface area contributed by atoms with Gasteiger partial charge in [-0.05, 0) is 96.4 Å². The first-order chi connectivity index (χ1) is 29.5. The molecule has 0 spiro atoms. The van der Waals surface area contributed by atoms with Crippen LogP contribution in [0.3, 0.4) is 0 Å². The van der Waals surface area contributed by atoms with Gasteiger partial charge in [0.2, 0.25) is 0 Å². The van der Waals surface area contributed by atoms with Crippen molar-refractivity contribution in [1.82, 2.24) is 9.97 Å². The second-order valence-corrected chi connectivity index (χ2v) is 17.6. The van der Waals surface area contributed by atoms with Gasteiger partial charge in [0.15, 0.2) is 5.82 Å². The minimum absolute atomic E-state index is 0.153. The van der Waals surface area contributed by atoms with Crippen LogP contribution in [0.2, 0.25) is 0 Å². The molecule has 0 saturated heterocycles. The summed E-state index contributed by atoms with van der Waals surface area (Å²) in [7, 11) is 0. The molecule has 2 heterocycles. The number of rotatable bonds is 5. The molecule has 282 valence electrons. The van der Waals surface area contributed by atoms with E-state index in [9.17, 15) is 0 Å². The van der Waals surface area contributed by atoms with E-state index in [1.807, 2.05) is 17.4 Å². The van der Waals surface area contributed by atoms with Crippen LogP contribution in [0.5, 0.6) is 0 Å². The first-order valence-corrected chi connectivity index (χ1v) is 21.5. The molecule has 0 saturated carbocycles. The average molecular weight is 783 g/mol. The van der Waals surface area contributed by atoms with Crippen LogP contribution < -0.4 is 0 Å². The van der Waals surface area contributed by atoms with Gasteiger partial charge in [-0.15, -0.1) is 11.3 Å². The van der Waals surface area contributed by atoms with Crippen molar-refractivity contribution in [1.29, 1.82) is 0 Å². The Kier molecular flexibility index (Phi) is 7.79. The maximum Gasteiger partial charge on any atom is 0.160 e. The zero-order valence-corrected chi connectivity index (χ0v) is 34.1. The van der Waals surface area contributed by atoms with Crippen molar-refractivity contribution in [2.75, 3.05) is 0 Å². The number of hydrogen-bond donors (Lipinski definition) is 0. The standard InChI is InChI=1S/C57H38N2S/c1-57(2)49-21-12-20-47(55(49)48-31-38-15-6-7-16-39(38)32-50(48)57)52-34-51(58-56(59-52)37-13-4-3-5-14-37)44-30-29-41(42-17-8-9-18-43(42)44)36-25-23-35(24-26-36)40-27-28-46-45-19-10-11-22-53(45)60-54(46)33-40/h3-34H,1-2H3. The van der Waals surface area contributed by atoms with Gasteiger partial charge >= 0.3 is 0 Å². The largest absolute Gasteiger partial charge is 0.228 e. The lowest BCUT2D eigenvalue weighted by atomic mass is 9.81. The Labute approximate surface area is 353 Å². The lowest BCUT2D eigenvalue weighted by molar-refractivity contribution is 0.661. The van der Waals surface area contributed by atoms with Gasteiger partial charge in [0.05, 0.1) is 11.4 Å². The Bertz CT molecular complexity index is 3500. The number of benzene rings is 9. The molecular formula is C57H38N2S. The molecular weight excluding hydrogens is 745 g/mol. The molecule has 3 heteroatoms. The van der Waals surface area contributed by atoms with Crippen LogP contribution in [0.15, 0.2) is 194 Å². The first-order valence-electron chi connectivity index (χ1n) is 20.6. The molecule has 0 N–H and O–H groups in total. The van der Waals surface area contributed by atoms with E-state index in [1.54, 1.807) is 0 Å². The van der Waals surface area contributed by atoms with Crippen molar-refractivity contribution >= 4 is 53.1 Å². The van der Waals surface area contributed by atoms with Gasteiger partial charge in [-0.1, -0.05) is 178 Å². The number of thiophene rings is 1. The quantitative estimate of drug-likeness (QED) is 0.174. The lowest BCUT2D eigenvalue weighted by Gasteiger charge is -2.22. The zero-order valence-electron chi connectivity index (χ0n) is 33.3. The van der Waals surface area contributed by atoms with Crippen LogP contribution in [0.1, 0.15) is 25.0 Å². The third-order valence-corrected chi connectivity index (χ3v) is 13.8. The molecule has 11 aromatic rings. The van der Waals surface area contributed by atoms with Crippen molar-refractivity contribution < 1.29 is 0 Å². The van der Waals surface area contributed by atoms with E-state index in [-0.39, 0.29) is 5.41 Å². The van der Waals surface area contributed by atoms with Crippen molar-refractivity contribution in [2.45, 2.75) is 19.3 Å². The highest BCUT2D eigenvalue weighted by molar-refractivity contribution is 7.25. The third-order valence-electron chi connectivity index (χ3n) is 12.7. The Hall–Kier alpha value is -7.20. The highest BCUT2D eigenvalue weighted by Crippen LogP contribution is 2.53. The predicted octanol–water partition coefficient (Wildman–Crippen LogP) is 15.8. The maximum absolute atomic E-state index is 5.36. The van der Waals surface area contributed by atoms with Crippen LogP contribution >= 0.6 is 11.3 Å². The fourth-order valence-corrected chi connectivity index (χ4v) is 10.8. The van der Waals surface area contributed by atoms with Gasteiger partial charge in [0, 0.05) is 42.3 Å². The van der Waals surface area contributed by atoms with Gasteiger partial charge in [-0.3, -0.25) is 0 Å². The molecule has 9 aromatic carbocycles. The van der Waals surface area contributed by atoms with Crippen LogP contribution in [-0.2, 0) is 5.41 Å². The monoisotopic (exact) mass is 782 g/mol. The summed E-state index contributed by atoms with van der Waals surface area (Å²) in [6.07, 6.45) is 0. The third kappa shape index (κ3) is 5.47. The molecule has 2 aromatic heterocycles. The summed E-state index contributed by atoms with van der Waals surface area (Å²) < 4.78 is 2.65. The summed E-state index contributed by atoms with van der Waals surface area (Å²) in [5.74, 6) is 0.717. The summed E-state index contributed by atoms with van der Waals surface area (Å²) in [4.78, 5) is 10.7. The minimum Gasteiger partial charge on any atom is -0.228 e. The summed E-state index contributed by atoms with van der Waals surface area (Å²) in [5, 5.41) is 7.53. The molecule has 2 nitrogen and oxygen atoms in total. The predicted molar refractivity (Wildman–Crippen MR) is 255 cm³/mol. The van der Waals surface area contributed by atoms with Crippen molar-refractivity contribution in [3.8, 4) is 67.3 Å². The topological polar surface area (TPSA) is 25.8 Å². The highest BCUT2D eigenvalue weighted by atomic mass is 32.1. The number of nitrogens with zero attached hydrogens (tertiary/aromatic N) is 2. The van der Waals surface area contributed by atoms with E-state index in [2.05, 4.69) is 202 Å². The molecule has 1 aliphatic carbocycles. The van der Waals surface area contributed by atoms with E-state index < -0.39 is 0 Å². The molecule has 12 rings (SSSR count). The minimum atomic E-state index is -0.153. The molecule has 0 bridgehead atoms. The Morgan fingerprint density at radius 3 is 1.78 bits per heavy atom. The average Bonchev–Trinajstić information content (AvgIpc) is 3.79. The molecule has 60 heavy (non-hydrogen) atoms. The molecule has 0 amide bonds. The maximum atomic E-state index is 5.36. The fourth-order valence-electron chi connectivity index (χ4n) is 9.65.